The summed E-state index contributed by atoms with van der Waals surface area (Å²) in [7, 11) is 0. The summed E-state index contributed by atoms with van der Waals surface area (Å²) in [6, 6.07) is 9.70. The fourth-order valence-corrected chi connectivity index (χ4v) is 2.05. The summed E-state index contributed by atoms with van der Waals surface area (Å²) >= 11 is 0. The van der Waals surface area contributed by atoms with Crippen LogP contribution in [0.15, 0.2) is 41.2 Å². The van der Waals surface area contributed by atoms with Crippen molar-refractivity contribution >= 4 is 6.08 Å². The molecular formula is C14H12N2O. The van der Waals surface area contributed by atoms with E-state index in [0.717, 1.165) is 29.7 Å². The maximum Gasteiger partial charge on any atom is 0.254 e. The first-order valence-electron chi connectivity index (χ1n) is 5.70. The number of fused-ring (bicyclic) bond motifs is 1. The highest BCUT2D eigenvalue weighted by molar-refractivity contribution is 5.59. The van der Waals surface area contributed by atoms with Crippen molar-refractivity contribution in [2.75, 3.05) is 0 Å². The minimum absolute atomic E-state index is 0.0156. The molecule has 1 N–H and O–H groups in total. The normalized spacial score (nSPS) is 13.4. The average molecular weight is 224 g/mol. The number of aromatic nitrogens is 2. The number of hydrogen-bond donors (Lipinski definition) is 1. The molecule has 1 heterocycles. The van der Waals surface area contributed by atoms with Gasteiger partial charge in [-0.05, 0) is 18.9 Å². The number of nitrogens with one attached hydrogen (secondary N) is 1. The molecule has 84 valence electrons. The van der Waals surface area contributed by atoms with E-state index in [4.69, 9.17) is 0 Å². The zero-order valence-electron chi connectivity index (χ0n) is 9.31. The van der Waals surface area contributed by atoms with Crippen molar-refractivity contribution in [1.82, 2.24) is 9.97 Å². The Morgan fingerprint density at radius 1 is 1.18 bits per heavy atom. The van der Waals surface area contributed by atoms with Crippen LogP contribution in [0.5, 0.6) is 0 Å². The second-order valence-electron chi connectivity index (χ2n) is 4.09. The van der Waals surface area contributed by atoms with E-state index >= 15 is 0 Å². The van der Waals surface area contributed by atoms with Crippen LogP contribution >= 0.6 is 0 Å². The summed E-state index contributed by atoms with van der Waals surface area (Å²) in [6.45, 7) is 0. The molecule has 3 nitrogen and oxygen atoms in total. The Kier molecular flexibility index (Phi) is 2.37. The third-order valence-electron chi connectivity index (χ3n) is 2.93. The van der Waals surface area contributed by atoms with Gasteiger partial charge in [0.1, 0.15) is 5.82 Å². The lowest BCUT2D eigenvalue weighted by Gasteiger charge is -2.10. The van der Waals surface area contributed by atoms with E-state index in [9.17, 15) is 4.79 Å². The molecule has 0 atom stereocenters. The smallest absolute Gasteiger partial charge is 0.254 e. The van der Waals surface area contributed by atoms with Gasteiger partial charge in [-0.3, -0.25) is 4.79 Å². The van der Waals surface area contributed by atoms with Crippen molar-refractivity contribution in [2.24, 2.45) is 0 Å². The Balaban J connectivity index is 2.19. The molecule has 3 rings (SSSR count). The highest BCUT2D eigenvalue weighted by Gasteiger charge is 2.12. The first-order valence-corrected chi connectivity index (χ1v) is 5.70. The van der Waals surface area contributed by atoms with Gasteiger partial charge in [0.05, 0.1) is 5.69 Å². The first kappa shape index (κ1) is 10.0. The quantitative estimate of drug-likeness (QED) is 0.808. The minimum Gasteiger partial charge on any atom is -0.306 e. The summed E-state index contributed by atoms with van der Waals surface area (Å²) in [4.78, 5) is 19.3. The summed E-state index contributed by atoms with van der Waals surface area (Å²) in [5, 5.41) is 0. The second kappa shape index (κ2) is 4.01. The zero-order chi connectivity index (χ0) is 11.7. The van der Waals surface area contributed by atoms with Gasteiger partial charge in [-0.2, -0.15) is 0 Å². The third-order valence-corrected chi connectivity index (χ3v) is 2.93. The lowest BCUT2D eigenvalue weighted by Crippen LogP contribution is -2.18. The number of hydrogen-bond acceptors (Lipinski definition) is 2. The number of rotatable bonds is 1. The van der Waals surface area contributed by atoms with Crippen molar-refractivity contribution in [3.8, 4) is 11.4 Å². The molecule has 3 heteroatoms. The standard InChI is InChI=1S/C14H12N2O/c17-14-11-8-4-5-9-12(11)15-13(16-14)10-6-2-1-3-7-10/h1-3,5-7,9H,4,8H2,(H,15,16,17). The molecule has 0 fully saturated rings. The van der Waals surface area contributed by atoms with Gasteiger partial charge in [0.25, 0.3) is 5.56 Å². The largest absolute Gasteiger partial charge is 0.306 e. The molecular weight excluding hydrogens is 212 g/mol. The van der Waals surface area contributed by atoms with Gasteiger partial charge in [0.15, 0.2) is 0 Å². The molecule has 0 unspecified atom stereocenters. The fourth-order valence-electron chi connectivity index (χ4n) is 2.05. The Bertz CT molecular complexity index is 626. The first-order chi connectivity index (χ1) is 8.34. The number of H-pyrrole nitrogens is 1. The third kappa shape index (κ3) is 1.80. The number of benzene rings is 1. The van der Waals surface area contributed by atoms with E-state index < -0.39 is 0 Å². The molecule has 0 saturated heterocycles. The van der Waals surface area contributed by atoms with Crippen molar-refractivity contribution < 1.29 is 0 Å². The molecule has 1 aromatic carbocycles. The van der Waals surface area contributed by atoms with Crippen LogP contribution in [0.25, 0.3) is 17.5 Å². The van der Waals surface area contributed by atoms with Crippen molar-refractivity contribution in [1.29, 1.82) is 0 Å². The average Bonchev–Trinajstić information content (AvgIpc) is 2.40. The van der Waals surface area contributed by atoms with Gasteiger partial charge in [-0.25, -0.2) is 4.98 Å². The van der Waals surface area contributed by atoms with Crippen LogP contribution in [0.4, 0.5) is 0 Å². The SMILES string of the molecule is O=c1[nH]c(-c2ccccc2)nc2c1CCC=C2. The van der Waals surface area contributed by atoms with Crippen molar-refractivity contribution in [3.05, 3.63) is 58.0 Å². The maximum absolute atomic E-state index is 11.9. The molecule has 0 aliphatic heterocycles. The maximum atomic E-state index is 11.9. The minimum atomic E-state index is -0.0156. The predicted molar refractivity (Wildman–Crippen MR) is 67.6 cm³/mol. The molecule has 0 saturated carbocycles. The van der Waals surface area contributed by atoms with Gasteiger partial charge in [0.2, 0.25) is 0 Å². The van der Waals surface area contributed by atoms with E-state index in [2.05, 4.69) is 16.0 Å². The molecule has 0 bridgehead atoms. The van der Waals surface area contributed by atoms with E-state index in [1.54, 1.807) is 0 Å². The van der Waals surface area contributed by atoms with Crippen LogP contribution in [0.1, 0.15) is 17.7 Å². The Morgan fingerprint density at radius 2 is 2.00 bits per heavy atom. The lowest BCUT2D eigenvalue weighted by atomic mass is 10.0. The van der Waals surface area contributed by atoms with E-state index in [1.165, 1.54) is 0 Å². The van der Waals surface area contributed by atoms with Crippen LogP contribution in [0, 0.1) is 0 Å². The molecule has 0 spiro atoms. The predicted octanol–water partition coefficient (Wildman–Crippen LogP) is 2.40. The Hall–Kier alpha value is -2.16. The zero-order valence-corrected chi connectivity index (χ0v) is 9.31. The van der Waals surface area contributed by atoms with E-state index in [1.807, 2.05) is 36.4 Å². The highest BCUT2D eigenvalue weighted by atomic mass is 16.1. The molecule has 0 radical (unpaired) electrons. The summed E-state index contributed by atoms with van der Waals surface area (Å²) in [5.74, 6) is 0.640. The van der Waals surface area contributed by atoms with Crippen molar-refractivity contribution in [2.45, 2.75) is 12.8 Å². The topological polar surface area (TPSA) is 45.8 Å². The molecule has 17 heavy (non-hydrogen) atoms. The van der Waals surface area contributed by atoms with Crippen LogP contribution in [0.3, 0.4) is 0 Å². The number of aromatic amines is 1. The van der Waals surface area contributed by atoms with Crippen LogP contribution in [-0.4, -0.2) is 9.97 Å². The molecule has 1 aliphatic carbocycles. The van der Waals surface area contributed by atoms with Gasteiger partial charge < -0.3 is 4.98 Å². The van der Waals surface area contributed by atoms with Gasteiger partial charge in [-0.15, -0.1) is 0 Å². The highest BCUT2D eigenvalue weighted by Crippen LogP contribution is 2.18. The van der Waals surface area contributed by atoms with E-state index in [0.29, 0.717) is 5.82 Å². The fraction of sp³-hybridized carbons (Fsp3) is 0.143. The lowest BCUT2D eigenvalue weighted by molar-refractivity contribution is 0.919. The Labute approximate surface area is 98.9 Å². The van der Waals surface area contributed by atoms with Crippen LogP contribution in [-0.2, 0) is 6.42 Å². The number of nitrogens with zero attached hydrogens (tertiary/aromatic N) is 1. The number of allylic oxidation sites excluding steroid dienone is 1. The molecule has 2 aromatic rings. The van der Waals surface area contributed by atoms with Crippen LogP contribution in [0.2, 0.25) is 0 Å². The van der Waals surface area contributed by atoms with Gasteiger partial charge >= 0.3 is 0 Å². The van der Waals surface area contributed by atoms with Gasteiger partial charge in [0, 0.05) is 11.1 Å². The summed E-state index contributed by atoms with van der Waals surface area (Å²) in [5.41, 5.74) is 2.52. The van der Waals surface area contributed by atoms with Crippen LogP contribution < -0.4 is 5.56 Å². The molecule has 1 aliphatic rings. The molecule has 0 amide bonds. The van der Waals surface area contributed by atoms with Crippen molar-refractivity contribution in [3.63, 3.8) is 0 Å². The summed E-state index contributed by atoms with van der Waals surface area (Å²) in [6.07, 6.45) is 5.69. The Morgan fingerprint density at radius 3 is 2.82 bits per heavy atom. The second-order valence-corrected chi connectivity index (χ2v) is 4.09. The molecule has 1 aromatic heterocycles. The van der Waals surface area contributed by atoms with E-state index in [-0.39, 0.29) is 5.56 Å². The van der Waals surface area contributed by atoms with Gasteiger partial charge in [-0.1, -0.05) is 36.4 Å². The summed E-state index contributed by atoms with van der Waals surface area (Å²) < 4.78 is 0. The monoisotopic (exact) mass is 224 g/mol.